The van der Waals surface area contributed by atoms with Crippen LogP contribution in [-0.2, 0) is 26.9 Å². The van der Waals surface area contributed by atoms with E-state index in [2.05, 4.69) is 51.4 Å². The first-order valence-corrected chi connectivity index (χ1v) is 17.3. The SMILES string of the molecule is Cc1cc(S(=O)(=O)Nc2ccc3ccn(CCC(=O)NCCN4CCC(c5cccs5)(N(C)C)CC4)c3c2)c(C)cc1Cl. The number of fused-ring (bicyclic) bond motifs is 1. The normalized spacial score (nSPS) is 15.7. The lowest BCUT2D eigenvalue weighted by Gasteiger charge is -2.45. The number of nitrogens with zero attached hydrogens (tertiary/aromatic N) is 3. The van der Waals surface area contributed by atoms with Gasteiger partial charge in [-0.25, -0.2) is 8.42 Å². The number of benzene rings is 2. The highest BCUT2D eigenvalue weighted by molar-refractivity contribution is 7.92. The minimum absolute atomic E-state index is 0.00511. The maximum absolute atomic E-state index is 13.2. The number of carbonyl (C=O) groups is 1. The Labute approximate surface area is 263 Å². The third-order valence-electron chi connectivity index (χ3n) is 8.62. The molecule has 0 aliphatic carbocycles. The number of hydrogen-bond donors (Lipinski definition) is 2. The fourth-order valence-electron chi connectivity index (χ4n) is 5.96. The van der Waals surface area contributed by atoms with Gasteiger partial charge >= 0.3 is 0 Å². The Bertz CT molecular complexity index is 1690. The van der Waals surface area contributed by atoms with Crippen LogP contribution in [0.5, 0.6) is 0 Å². The van der Waals surface area contributed by atoms with Crippen LogP contribution in [0.15, 0.2) is 65.0 Å². The first kappa shape index (κ1) is 31.5. The van der Waals surface area contributed by atoms with E-state index >= 15 is 0 Å². The van der Waals surface area contributed by atoms with E-state index in [9.17, 15) is 13.2 Å². The van der Waals surface area contributed by atoms with Gasteiger partial charge in [-0.05, 0) is 99.1 Å². The number of piperidine rings is 1. The summed E-state index contributed by atoms with van der Waals surface area (Å²) in [6.07, 6.45) is 4.42. The lowest BCUT2D eigenvalue weighted by atomic mass is 9.84. The fourth-order valence-corrected chi connectivity index (χ4v) is 8.61. The summed E-state index contributed by atoms with van der Waals surface area (Å²) in [5.74, 6) is 0.00511. The molecule has 1 saturated heterocycles. The average molecular weight is 642 g/mol. The van der Waals surface area contributed by atoms with Gasteiger partial charge in [0.25, 0.3) is 10.0 Å². The summed E-state index contributed by atoms with van der Waals surface area (Å²) in [6.45, 7) is 7.47. The number of anilines is 1. The van der Waals surface area contributed by atoms with Crippen molar-refractivity contribution in [1.82, 2.24) is 19.7 Å². The average Bonchev–Trinajstić information content (AvgIpc) is 3.65. The van der Waals surface area contributed by atoms with Crippen LogP contribution in [0.25, 0.3) is 10.9 Å². The predicted molar refractivity (Wildman–Crippen MR) is 177 cm³/mol. The number of amides is 1. The van der Waals surface area contributed by atoms with Crippen molar-refractivity contribution in [2.24, 2.45) is 0 Å². The van der Waals surface area contributed by atoms with Gasteiger partial charge in [0.1, 0.15) is 0 Å². The molecule has 8 nitrogen and oxygen atoms in total. The highest BCUT2D eigenvalue weighted by atomic mass is 35.5. The number of hydrogen-bond acceptors (Lipinski definition) is 6. The van der Waals surface area contributed by atoms with Crippen LogP contribution in [-0.4, -0.2) is 69.0 Å². The number of likely N-dealkylation sites (tertiary alicyclic amines) is 1. The zero-order valence-corrected chi connectivity index (χ0v) is 27.6. The van der Waals surface area contributed by atoms with Crippen molar-refractivity contribution in [3.63, 3.8) is 0 Å². The summed E-state index contributed by atoms with van der Waals surface area (Å²) >= 11 is 8.00. The largest absolute Gasteiger partial charge is 0.355 e. The van der Waals surface area contributed by atoms with Gasteiger partial charge in [0.05, 0.1) is 21.6 Å². The Morgan fingerprint density at radius 2 is 1.81 bits per heavy atom. The van der Waals surface area contributed by atoms with E-state index in [1.807, 2.05) is 40.3 Å². The first-order valence-electron chi connectivity index (χ1n) is 14.6. The standard InChI is InChI=1S/C32H40ClN5O3S2/c1-23-21-29(24(2)20-27(23)33)43(40,41)35-26-8-7-25-9-14-38(28(25)22-26)15-10-31(39)34-13-18-37-16-11-32(12-17-37,36(3)4)30-6-5-19-42-30/h5-9,14,19-22,35H,10-13,15-18H2,1-4H3,(H,34,39). The molecule has 1 aliphatic rings. The van der Waals surface area contributed by atoms with Gasteiger partial charge in [-0.2, -0.15) is 0 Å². The van der Waals surface area contributed by atoms with Gasteiger partial charge < -0.3 is 14.8 Å². The Morgan fingerprint density at radius 1 is 1.05 bits per heavy atom. The number of halogens is 1. The van der Waals surface area contributed by atoms with Crippen molar-refractivity contribution in [3.05, 3.63) is 81.1 Å². The Hall–Kier alpha value is -2.89. The van der Waals surface area contributed by atoms with Crippen molar-refractivity contribution in [1.29, 1.82) is 0 Å². The molecule has 2 aromatic carbocycles. The molecule has 0 radical (unpaired) electrons. The smallest absolute Gasteiger partial charge is 0.262 e. The monoisotopic (exact) mass is 641 g/mol. The lowest BCUT2D eigenvalue weighted by Crippen LogP contribution is -2.51. The molecule has 0 saturated carbocycles. The minimum Gasteiger partial charge on any atom is -0.355 e. The maximum atomic E-state index is 13.2. The molecule has 1 fully saturated rings. The molecule has 2 N–H and O–H groups in total. The zero-order valence-electron chi connectivity index (χ0n) is 25.2. The third kappa shape index (κ3) is 6.94. The van der Waals surface area contributed by atoms with Gasteiger partial charge in [-0.1, -0.05) is 23.7 Å². The van der Waals surface area contributed by atoms with Crippen molar-refractivity contribution >= 4 is 55.5 Å². The van der Waals surface area contributed by atoms with Gasteiger partial charge in [0, 0.05) is 55.2 Å². The second-order valence-electron chi connectivity index (χ2n) is 11.6. The molecule has 0 unspecified atom stereocenters. The molecule has 3 heterocycles. The van der Waals surface area contributed by atoms with Gasteiger partial charge in [0.15, 0.2) is 0 Å². The molecule has 11 heteroatoms. The minimum atomic E-state index is -3.80. The van der Waals surface area contributed by atoms with E-state index in [0.29, 0.717) is 41.3 Å². The Morgan fingerprint density at radius 3 is 2.51 bits per heavy atom. The van der Waals surface area contributed by atoms with Gasteiger partial charge in [0.2, 0.25) is 5.91 Å². The molecule has 0 bridgehead atoms. The van der Waals surface area contributed by atoms with Crippen LogP contribution in [0.4, 0.5) is 5.69 Å². The maximum Gasteiger partial charge on any atom is 0.262 e. The predicted octanol–water partition coefficient (Wildman–Crippen LogP) is 5.83. The molecule has 0 atom stereocenters. The van der Waals surface area contributed by atoms with Gasteiger partial charge in [-0.15, -0.1) is 11.3 Å². The van der Waals surface area contributed by atoms with Crippen LogP contribution in [0.3, 0.4) is 0 Å². The molecule has 5 rings (SSSR count). The number of rotatable bonds is 11. The van der Waals surface area contributed by atoms with Crippen molar-refractivity contribution in [2.75, 3.05) is 45.0 Å². The second kappa shape index (κ2) is 13.0. The molecule has 2 aromatic heterocycles. The number of nitrogens with one attached hydrogen (secondary N) is 2. The van der Waals surface area contributed by atoms with Crippen LogP contribution in [0, 0.1) is 13.8 Å². The number of carbonyl (C=O) groups excluding carboxylic acids is 1. The fraction of sp³-hybridized carbons (Fsp3) is 0.406. The van der Waals surface area contributed by atoms with Crippen LogP contribution in [0.2, 0.25) is 5.02 Å². The van der Waals surface area contributed by atoms with E-state index < -0.39 is 10.0 Å². The summed E-state index contributed by atoms with van der Waals surface area (Å²) in [4.78, 5) is 19.1. The lowest BCUT2D eigenvalue weighted by molar-refractivity contribution is -0.121. The zero-order chi connectivity index (χ0) is 30.8. The van der Waals surface area contributed by atoms with E-state index in [1.54, 1.807) is 32.0 Å². The highest BCUT2D eigenvalue weighted by Crippen LogP contribution is 2.39. The summed E-state index contributed by atoms with van der Waals surface area (Å²) in [6, 6.07) is 15.0. The third-order valence-corrected chi connectivity index (χ3v) is 11.6. The van der Waals surface area contributed by atoms with Crippen molar-refractivity contribution in [3.8, 4) is 0 Å². The molecule has 4 aromatic rings. The van der Waals surface area contributed by atoms with Crippen molar-refractivity contribution in [2.45, 2.75) is 50.1 Å². The molecule has 1 aliphatic heterocycles. The number of aryl methyl sites for hydroxylation is 3. The molecular weight excluding hydrogens is 602 g/mol. The molecule has 1 amide bonds. The Kier molecular flexibility index (Phi) is 9.53. The van der Waals surface area contributed by atoms with E-state index in [1.165, 1.54) is 4.88 Å². The summed E-state index contributed by atoms with van der Waals surface area (Å²) < 4.78 is 31.0. The number of sulfonamides is 1. The van der Waals surface area contributed by atoms with E-state index in [4.69, 9.17) is 11.6 Å². The summed E-state index contributed by atoms with van der Waals surface area (Å²) in [5, 5.41) is 6.75. The van der Waals surface area contributed by atoms with Crippen LogP contribution in [0.1, 0.15) is 35.3 Å². The molecular formula is C32H40ClN5O3S2. The molecule has 230 valence electrons. The van der Waals surface area contributed by atoms with Gasteiger partial charge in [-0.3, -0.25) is 14.4 Å². The van der Waals surface area contributed by atoms with Crippen LogP contribution < -0.4 is 10.0 Å². The van der Waals surface area contributed by atoms with Crippen molar-refractivity contribution < 1.29 is 13.2 Å². The topological polar surface area (TPSA) is 86.7 Å². The van der Waals surface area contributed by atoms with E-state index in [0.717, 1.165) is 43.4 Å². The summed E-state index contributed by atoms with van der Waals surface area (Å²) in [5.41, 5.74) is 2.70. The molecule has 0 spiro atoms. The van der Waals surface area contributed by atoms with E-state index in [-0.39, 0.29) is 16.3 Å². The van der Waals surface area contributed by atoms with Crippen LogP contribution >= 0.6 is 22.9 Å². The Balaban J connectivity index is 1.13. The summed E-state index contributed by atoms with van der Waals surface area (Å²) in [7, 11) is 0.541. The highest BCUT2D eigenvalue weighted by Gasteiger charge is 2.38. The second-order valence-corrected chi connectivity index (χ2v) is 14.6. The molecule has 43 heavy (non-hydrogen) atoms. The number of aromatic nitrogens is 1. The first-order chi connectivity index (χ1) is 20.5. The quantitative estimate of drug-likeness (QED) is 0.215. The number of thiophene rings is 1.